The van der Waals surface area contributed by atoms with Gasteiger partial charge < -0.3 is 38.7 Å². The van der Waals surface area contributed by atoms with E-state index in [0.717, 1.165) is 33.3 Å². The fourth-order valence-corrected chi connectivity index (χ4v) is 12.3. The molecule has 0 fully saturated rings. The number of nitrogens with zero attached hydrogens (tertiary/aromatic N) is 4. The van der Waals surface area contributed by atoms with E-state index in [0.29, 0.717) is 56.3 Å². The molecule has 22 heteroatoms. The minimum atomic E-state index is -1.70. The summed E-state index contributed by atoms with van der Waals surface area (Å²) in [5, 5.41) is 36.8. The van der Waals surface area contributed by atoms with Crippen molar-refractivity contribution in [2.75, 3.05) is 19.6 Å². The van der Waals surface area contributed by atoms with Crippen LogP contribution in [0, 0.1) is 22.7 Å². The van der Waals surface area contributed by atoms with Crippen molar-refractivity contribution in [3.8, 4) is 12.1 Å². The molecule has 7 atom stereocenters. The van der Waals surface area contributed by atoms with Gasteiger partial charge in [0.25, 0.3) is 5.91 Å². The fraction of sp³-hybridized carbons (Fsp3) is 0.435. The molecule has 6 amide bonds. The van der Waals surface area contributed by atoms with Crippen molar-refractivity contribution in [2.24, 2.45) is 22.9 Å². The zero-order valence-electron chi connectivity index (χ0n) is 47.7. The number of hydrogen-bond donors (Lipinski definition) is 7. The van der Waals surface area contributed by atoms with Crippen LogP contribution < -0.4 is 33.6 Å². The van der Waals surface area contributed by atoms with Gasteiger partial charge in [0.1, 0.15) is 33.7 Å². The van der Waals surface area contributed by atoms with Crippen LogP contribution in [0.5, 0.6) is 0 Å². The van der Waals surface area contributed by atoms with Gasteiger partial charge in [-0.25, -0.2) is 4.79 Å². The van der Waals surface area contributed by atoms with Crippen molar-refractivity contribution >= 4 is 97.8 Å². The first-order valence-corrected chi connectivity index (χ1v) is 30.6. The Hall–Kier alpha value is -6.73. The molecule has 0 aromatic heterocycles. The number of aliphatic carboxylic acids is 1. The molecule has 18 nitrogen and oxygen atoms in total. The normalized spacial score (nSPS) is 14.2. The number of carbonyl (C=O) groups excluding carboxylic acids is 6. The Morgan fingerprint density at radius 1 is 0.548 bits per heavy atom. The second-order valence-electron chi connectivity index (χ2n) is 20.7. The van der Waals surface area contributed by atoms with E-state index >= 15 is 19.2 Å². The van der Waals surface area contributed by atoms with E-state index < -0.39 is 94.0 Å². The van der Waals surface area contributed by atoms with Crippen molar-refractivity contribution < 1.29 is 38.7 Å². The SMILES string of the molecule is CC(C#N)(CCC(=O)N(C(=O)[C@H](Cc1ccccc1)NC(=O)[C@H](CCCCN)N(C(=O)CCC(C)(C#N)SC(=S)c1ccccc1)C(=O)[C@@H](N)Cc1ccccc1)[C@@H](CCCCN)C(=O)N[C@@H](CCCCN)C(=O)O)SC(=S)c1ccccc1. The van der Waals surface area contributed by atoms with Crippen LogP contribution in [0.25, 0.3) is 0 Å². The lowest BCUT2D eigenvalue weighted by Gasteiger charge is -2.36. The number of nitriles is 2. The highest BCUT2D eigenvalue weighted by molar-refractivity contribution is 8.25. The van der Waals surface area contributed by atoms with Gasteiger partial charge in [0.15, 0.2) is 0 Å². The minimum absolute atomic E-state index is 0.0222. The zero-order valence-corrected chi connectivity index (χ0v) is 51.0. The molecule has 4 rings (SSSR count). The molecule has 0 saturated carbocycles. The Bertz CT molecular complexity index is 2920. The van der Waals surface area contributed by atoms with E-state index in [1.165, 1.54) is 0 Å². The molecular weight excluding hydrogens is 1140 g/mol. The molecule has 448 valence electrons. The van der Waals surface area contributed by atoms with Crippen molar-refractivity contribution in [3.63, 3.8) is 0 Å². The number of carbonyl (C=O) groups is 7. The third-order valence-corrected chi connectivity index (χ3v) is 17.2. The number of hydrogen-bond acceptors (Lipinski definition) is 17. The number of nitrogens with two attached hydrogens (primary N) is 4. The van der Waals surface area contributed by atoms with Crippen molar-refractivity contribution in [3.05, 3.63) is 144 Å². The molecule has 0 saturated heterocycles. The van der Waals surface area contributed by atoms with Crippen molar-refractivity contribution in [1.82, 2.24) is 20.4 Å². The summed E-state index contributed by atoms with van der Waals surface area (Å²) in [5.74, 6) is -7.06. The number of nitrogens with one attached hydrogen (secondary N) is 2. The summed E-state index contributed by atoms with van der Waals surface area (Å²) in [6, 6.07) is 32.0. The predicted molar refractivity (Wildman–Crippen MR) is 338 cm³/mol. The zero-order chi connectivity index (χ0) is 61.7. The monoisotopic (exact) mass is 1220 g/mol. The van der Waals surface area contributed by atoms with Crippen LogP contribution >= 0.6 is 48.0 Å². The lowest BCUT2D eigenvalue weighted by atomic mass is 9.98. The highest BCUT2D eigenvalue weighted by Crippen LogP contribution is 2.35. The van der Waals surface area contributed by atoms with Gasteiger partial charge in [-0.05, 0) is 133 Å². The maximum atomic E-state index is 15.9. The summed E-state index contributed by atoms with van der Waals surface area (Å²) in [4.78, 5) is 106. The van der Waals surface area contributed by atoms with Crippen molar-refractivity contribution in [2.45, 2.75) is 150 Å². The number of unbranched alkanes of at least 4 members (excludes halogenated alkanes) is 3. The molecule has 0 radical (unpaired) electrons. The van der Waals surface area contributed by atoms with Gasteiger partial charge in [-0.3, -0.25) is 38.6 Å². The number of imide groups is 2. The Balaban J connectivity index is 1.89. The quantitative estimate of drug-likeness (QED) is 0.0179. The smallest absolute Gasteiger partial charge is 0.326 e. The van der Waals surface area contributed by atoms with Crippen LogP contribution in [0.2, 0.25) is 0 Å². The third-order valence-electron chi connectivity index (χ3n) is 13.9. The molecule has 11 N–H and O–H groups in total. The largest absolute Gasteiger partial charge is 0.480 e. The summed E-state index contributed by atoms with van der Waals surface area (Å²) in [5.41, 5.74) is 26.8. The fourth-order valence-electron chi connectivity index (χ4n) is 9.12. The summed E-state index contributed by atoms with van der Waals surface area (Å²) in [7, 11) is 0. The number of carboxylic acids is 1. The summed E-state index contributed by atoms with van der Waals surface area (Å²) in [6.45, 7) is 3.84. The molecule has 0 spiro atoms. The van der Waals surface area contributed by atoms with Gasteiger partial charge in [-0.15, -0.1) is 0 Å². The lowest BCUT2D eigenvalue weighted by Crippen LogP contribution is -2.62. The van der Waals surface area contributed by atoms with Gasteiger partial charge >= 0.3 is 5.97 Å². The van der Waals surface area contributed by atoms with Gasteiger partial charge in [-0.2, -0.15) is 10.5 Å². The van der Waals surface area contributed by atoms with E-state index in [1.807, 2.05) is 12.1 Å². The Labute approximate surface area is 512 Å². The predicted octanol–water partition coefficient (Wildman–Crippen LogP) is 7.03. The van der Waals surface area contributed by atoms with E-state index in [-0.39, 0.29) is 77.4 Å². The Morgan fingerprint density at radius 2 is 0.905 bits per heavy atom. The van der Waals surface area contributed by atoms with Gasteiger partial charge in [0.05, 0.1) is 26.6 Å². The summed E-state index contributed by atoms with van der Waals surface area (Å²) >= 11 is 13.6. The molecule has 84 heavy (non-hydrogen) atoms. The number of thioether (sulfide) groups is 2. The maximum Gasteiger partial charge on any atom is 0.326 e. The molecule has 4 aromatic rings. The first-order valence-electron chi connectivity index (χ1n) is 28.1. The Kier molecular flexibility index (Phi) is 30.1. The second kappa shape index (κ2) is 36.2. The van der Waals surface area contributed by atoms with Crippen LogP contribution in [0.4, 0.5) is 0 Å². The van der Waals surface area contributed by atoms with Gasteiger partial charge in [0.2, 0.25) is 29.5 Å². The third kappa shape index (κ3) is 22.4. The molecule has 4 aromatic carbocycles. The average molecular weight is 1220 g/mol. The number of benzene rings is 4. The average Bonchev–Trinajstić information content (AvgIpc) is 3.19. The van der Waals surface area contributed by atoms with E-state index in [9.17, 15) is 30.0 Å². The van der Waals surface area contributed by atoms with Crippen LogP contribution in [-0.2, 0) is 46.4 Å². The highest BCUT2D eigenvalue weighted by atomic mass is 32.2. The van der Waals surface area contributed by atoms with E-state index in [4.69, 9.17) is 47.4 Å². The molecule has 0 aliphatic carbocycles. The lowest BCUT2D eigenvalue weighted by molar-refractivity contribution is -0.156. The second-order valence-corrected chi connectivity index (χ2v) is 25.1. The number of rotatable bonds is 35. The van der Waals surface area contributed by atoms with Crippen LogP contribution in [0.1, 0.15) is 120 Å². The van der Waals surface area contributed by atoms with Crippen molar-refractivity contribution in [1.29, 1.82) is 10.5 Å². The number of amides is 6. The topological polar surface area (TPSA) is 322 Å². The molecule has 0 aliphatic rings. The summed E-state index contributed by atoms with van der Waals surface area (Å²) in [6.07, 6.45) is -0.0319. The molecule has 0 heterocycles. The highest BCUT2D eigenvalue weighted by Gasteiger charge is 2.44. The molecule has 0 aliphatic heterocycles. The molecular formula is C62H78N10O8S4. The van der Waals surface area contributed by atoms with Gasteiger partial charge in [-0.1, -0.05) is 169 Å². The summed E-state index contributed by atoms with van der Waals surface area (Å²) < 4.78 is -1.86. The van der Waals surface area contributed by atoms with E-state index in [1.54, 1.807) is 123 Å². The van der Waals surface area contributed by atoms with Gasteiger partial charge in [0, 0.05) is 19.3 Å². The number of thiocarbonyl (C=S) groups is 2. The van der Waals surface area contributed by atoms with Crippen LogP contribution in [-0.4, -0.2) is 124 Å². The maximum absolute atomic E-state index is 15.9. The standard InChI is InChI=1S/C62H78N10O8S4/c1-61(41-66,83-59(81)45-25-11-5-12-26-45)34-32-52(73)71(56(77)47(68)39-43-21-7-3-8-22-43)50(30-16-19-37-64)55(76)70-49(40-44-23-9-4-10-24-44)57(78)72(51(31-17-20-38-65)54(75)69-48(58(79)80)29-15-18-36-63)53(74)33-35-62(2,42-67)84-60(82)46-27-13-6-14-28-46/h3-14,21-28,47-51H,15-20,29-40,63-65,68H2,1-2H3,(H,69,75)(H,70,76)(H,79,80)/t47-,48-,49-,50-,51-,61?,62?/m0/s1. The van der Waals surface area contributed by atoms with E-state index in [2.05, 4.69) is 22.8 Å². The molecule has 2 unspecified atom stereocenters. The minimum Gasteiger partial charge on any atom is -0.480 e. The first kappa shape index (κ1) is 69.8. The number of carboxylic acid groups (broad SMARTS) is 1. The van der Waals surface area contributed by atoms with Crippen LogP contribution in [0.15, 0.2) is 121 Å². The van der Waals surface area contributed by atoms with Crippen LogP contribution in [0.3, 0.4) is 0 Å². The molecule has 0 bridgehead atoms. The first-order chi connectivity index (χ1) is 40.2. The Morgan fingerprint density at radius 3 is 1.29 bits per heavy atom.